The first-order valence-corrected chi connectivity index (χ1v) is 3.38. The molecule has 0 amide bonds. The van der Waals surface area contributed by atoms with Gasteiger partial charge in [0, 0.05) is 22.6 Å². The van der Waals surface area contributed by atoms with E-state index in [1.54, 1.807) is 0 Å². The molecule has 0 aliphatic carbocycles. The Bertz CT molecular complexity index is 82.9. The summed E-state index contributed by atoms with van der Waals surface area (Å²) in [4.78, 5) is 0. The first kappa shape index (κ1) is 8.33. The largest absolute Gasteiger partial charge is 0.314 e. The van der Waals surface area contributed by atoms with Crippen molar-refractivity contribution in [2.45, 2.75) is 17.3 Å². The molecule has 0 aromatic heterocycles. The van der Waals surface area contributed by atoms with Crippen molar-refractivity contribution >= 4 is 22.6 Å². The number of hydrogen-bond acceptors (Lipinski definition) is 0. The van der Waals surface area contributed by atoms with Crippen LogP contribution < -0.4 is 0 Å². The van der Waals surface area contributed by atoms with Crippen molar-refractivity contribution in [2.75, 3.05) is 0 Å². The van der Waals surface area contributed by atoms with Crippen LogP contribution in [-0.2, 0) is 0 Å². The van der Waals surface area contributed by atoms with Gasteiger partial charge in [-0.2, -0.15) is 8.78 Å². The number of alkyl halides is 3. The fraction of sp³-hybridized carbons (Fsp3) is 0.600. The smallest absolute Gasteiger partial charge is 0.190 e. The summed E-state index contributed by atoms with van der Waals surface area (Å²) in [5.41, 5.74) is 0. The van der Waals surface area contributed by atoms with E-state index in [-0.39, 0.29) is 0 Å². The molecular weight excluding hydrogens is 225 g/mol. The molecule has 0 saturated carbocycles. The van der Waals surface area contributed by atoms with E-state index in [4.69, 9.17) is 0 Å². The molecule has 0 fully saturated rings. The Balaban J connectivity index is 3.52. The minimum absolute atomic E-state index is 0.665. The quantitative estimate of drug-likeness (QED) is 0.390. The van der Waals surface area contributed by atoms with E-state index in [0.29, 0.717) is 6.42 Å². The molecule has 0 unspecified atom stereocenters. The second-order valence-electron chi connectivity index (χ2n) is 1.35. The zero-order chi connectivity index (χ0) is 6.62. The predicted octanol–water partition coefficient (Wildman–Crippen LogP) is 2.98. The first-order valence-electron chi connectivity index (χ1n) is 2.30. The van der Waals surface area contributed by atoms with Crippen LogP contribution in [0.1, 0.15) is 13.3 Å². The van der Waals surface area contributed by atoms with Gasteiger partial charge in [-0.25, -0.2) is 0 Å². The maximum absolute atomic E-state index is 11.8. The number of rotatable bonds is 2. The maximum atomic E-state index is 11.8. The lowest BCUT2D eigenvalue weighted by atomic mass is 10.4. The number of allylic oxidation sites excluding steroid dienone is 2. The van der Waals surface area contributed by atoms with Gasteiger partial charge in [0.2, 0.25) is 0 Å². The standard InChI is InChI=1S/C5H7F2I/c1-2-3-4-5(6,7)8/h3-4H,2H2,1H3/b4-3+. The average Bonchev–Trinajstić information content (AvgIpc) is 1.59. The molecule has 0 aromatic carbocycles. The summed E-state index contributed by atoms with van der Waals surface area (Å²) in [5, 5.41) is 0. The van der Waals surface area contributed by atoms with Gasteiger partial charge in [0.25, 0.3) is 0 Å². The third-order valence-electron chi connectivity index (χ3n) is 0.543. The first-order chi connectivity index (χ1) is 3.56. The van der Waals surface area contributed by atoms with E-state index in [1.165, 1.54) is 6.08 Å². The van der Waals surface area contributed by atoms with Gasteiger partial charge in [0.05, 0.1) is 0 Å². The minimum Gasteiger partial charge on any atom is -0.190 e. The molecular formula is C5H7F2I. The Morgan fingerprint density at radius 3 is 2.25 bits per heavy atom. The Kier molecular flexibility index (Phi) is 3.51. The van der Waals surface area contributed by atoms with Crippen LogP contribution in [0.15, 0.2) is 12.2 Å². The summed E-state index contributed by atoms with van der Waals surface area (Å²) in [6, 6.07) is 0. The minimum atomic E-state index is -2.66. The molecule has 0 aliphatic heterocycles. The highest BCUT2D eigenvalue weighted by Gasteiger charge is 2.16. The van der Waals surface area contributed by atoms with Crippen LogP contribution in [0.2, 0.25) is 0 Å². The van der Waals surface area contributed by atoms with E-state index in [1.807, 2.05) is 6.92 Å². The fourth-order valence-corrected chi connectivity index (χ4v) is 0.506. The van der Waals surface area contributed by atoms with Crippen LogP contribution in [0.3, 0.4) is 0 Å². The summed E-state index contributed by atoms with van der Waals surface area (Å²) in [7, 11) is 0. The summed E-state index contributed by atoms with van der Waals surface area (Å²) >= 11 is 1.08. The summed E-state index contributed by atoms with van der Waals surface area (Å²) in [5.74, 6) is 0. The monoisotopic (exact) mass is 232 g/mol. The molecule has 0 aromatic rings. The number of halogens is 3. The van der Waals surface area contributed by atoms with E-state index >= 15 is 0 Å². The molecule has 0 spiro atoms. The molecule has 48 valence electrons. The highest BCUT2D eigenvalue weighted by atomic mass is 127. The molecule has 0 heterocycles. The van der Waals surface area contributed by atoms with Crippen molar-refractivity contribution in [1.82, 2.24) is 0 Å². The van der Waals surface area contributed by atoms with Gasteiger partial charge >= 0.3 is 3.93 Å². The summed E-state index contributed by atoms with van der Waals surface area (Å²) in [6.07, 6.45) is 3.01. The Morgan fingerprint density at radius 1 is 1.62 bits per heavy atom. The van der Waals surface area contributed by atoms with Crippen molar-refractivity contribution in [3.63, 3.8) is 0 Å². The Morgan fingerprint density at radius 2 is 2.12 bits per heavy atom. The van der Waals surface area contributed by atoms with E-state index in [9.17, 15) is 8.78 Å². The molecule has 0 rings (SSSR count). The van der Waals surface area contributed by atoms with Crippen molar-refractivity contribution in [1.29, 1.82) is 0 Å². The second-order valence-corrected chi connectivity index (χ2v) is 2.79. The van der Waals surface area contributed by atoms with Crippen LogP contribution in [0.4, 0.5) is 8.78 Å². The molecule has 0 bridgehead atoms. The molecule has 0 atom stereocenters. The van der Waals surface area contributed by atoms with Gasteiger partial charge in [0.1, 0.15) is 0 Å². The van der Waals surface area contributed by atoms with Crippen LogP contribution in [0, 0.1) is 0 Å². The lowest BCUT2D eigenvalue weighted by Crippen LogP contribution is -1.96. The van der Waals surface area contributed by atoms with Gasteiger partial charge in [-0.1, -0.05) is 13.0 Å². The van der Waals surface area contributed by atoms with Gasteiger partial charge in [-0.05, 0) is 12.5 Å². The third-order valence-corrected chi connectivity index (χ3v) is 0.902. The topological polar surface area (TPSA) is 0 Å². The zero-order valence-corrected chi connectivity index (χ0v) is 6.65. The Labute approximate surface area is 61.1 Å². The van der Waals surface area contributed by atoms with Crippen molar-refractivity contribution in [3.8, 4) is 0 Å². The predicted molar refractivity (Wildman–Crippen MR) is 38.4 cm³/mol. The highest BCUT2D eigenvalue weighted by molar-refractivity contribution is 14.1. The fourth-order valence-electron chi connectivity index (χ4n) is 0.251. The maximum Gasteiger partial charge on any atom is 0.314 e. The van der Waals surface area contributed by atoms with Crippen LogP contribution in [0.5, 0.6) is 0 Å². The number of hydrogen-bond donors (Lipinski definition) is 0. The molecule has 0 radical (unpaired) electrons. The third kappa shape index (κ3) is 6.33. The van der Waals surface area contributed by atoms with E-state index in [2.05, 4.69) is 0 Å². The lowest BCUT2D eigenvalue weighted by molar-refractivity contribution is 0.183. The summed E-state index contributed by atoms with van der Waals surface area (Å²) < 4.78 is 21.0. The van der Waals surface area contributed by atoms with Gasteiger partial charge in [0.15, 0.2) is 0 Å². The zero-order valence-electron chi connectivity index (χ0n) is 4.50. The van der Waals surface area contributed by atoms with Gasteiger partial charge < -0.3 is 0 Å². The molecule has 8 heavy (non-hydrogen) atoms. The molecule has 0 N–H and O–H groups in total. The van der Waals surface area contributed by atoms with Crippen LogP contribution >= 0.6 is 22.6 Å². The van der Waals surface area contributed by atoms with Gasteiger partial charge in [-0.15, -0.1) is 0 Å². The van der Waals surface area contributed by atoms with E-state index < -0.39 is 3.93 Å². The van der Waals surface area contributed by atoms with E-state index in [0.717, 1.165) is 28.7 Å². The average molecular weight is 232 g/mol. The van der Waals surface area contributed by atoms with Crippen molar-refractivity contribution < 1.29 is 8.78 Å². The van der Waals surface area contributed by atoms with Crippen LogP contribution in [-0.4, -0.2) is 3.93 Å². The molecule has 0 aliphatic rings. The van der Waals surface area contributed by atoms with Gasteiger partial charge in [-0.3, -0.25) is 0 Å². The second kappa shape index (κ2) is 3.37. The summed E-state index contributed by atoms with van der Waals surface area (Å²) in [6.45, 7) is 1.82. The molecule has 0 nitrogen and oxygen atoms in total. The Hall–Kier alpha value is 0.330. The van der Waals surface area contributed by atoms with Crippen molar-refractivity contribution in [2.24, 2.45) is 0 Å². The molecule has 0 saturated heterocycles. The van der Waals surface area contributed by atoms with Crippen molar-refractivity contribution in [3.05, 3.63) is 12.2 Å². The normalized spacial score (nSPS) is 13.0. The highest BCUT2D eigenvalue weighted by Crippen LogP contribution is 2.23. The van der Waals surface area contributed by atoms with Crippen LogP contribution in [0.25, 0.3) is 0 Å². The lowest BCUT2D eigenvalue weighted by Gasteiger charge is -1.97. The molecule has 3 heteroatoms. The SMILES string of the molecule is CC/C=C/C(F)(F)I.